The van der Waals surface area contributed by atoms with Crippen molar-refractivity contribution in [3.8, 4) is 5.75 Å². The normalized spacial score (nSPS) is 12.4. The van der Waals surface area contributed by atoms with Crippen LogP contribution in [0.15, 0.2) is 42.7 Å². The third-order valence-electron chi connectivity index (χ3n) is 3.47. The van der Waals surface area contributed by atoms with Crippen molar-refractivity contribution in [2.24, 2.45) is 0 Å². The summed E-state index contributed by atoms with van der Waals surface area (Å²) in [6, 6.07) is 10.2. The van der Waals surface area contributed by atoms with Crippen molar-refractivity contribution in [3.63, 3.8) is 0 Å². The van der Waals surface area contributed by atoms with Gasteiger partial charge in [0.1, 0.15) is 5.75 Å². The predicted molar refractivity (Wildman–Crippen MR) is 80.0 cm³/mol. The molecule has 0 spiro atoms. The van der Waals surface area contributed by atoms with Gasteiger partial charge in [0.25, 0.3) is 0 Å². The molecule has 1 unspecified atom stereocenters. The van der Waals surface area contributed by atoms with Crippen LogP contribution in [0.2, 0.25) is 0 Å². The van der Waals surface area contributed by atoms with E-state index in [9.17, 15) is 5.11 Å². The van der Waals surface area contributed by atoms with Crippen LogP contribution in [0.1, 0.15) is 42.6 Å². The van der Waals surface area contributed by atoms with Crippen LogP contribution >= 0.6 is 0 Å². The maximum Gasteiger partial charge on any atom is 0.142 e. The molecule has 2 aromatic rings. The van der Waals surface area contributed by atoms with E-state index in [2.05, 4.69) is 43.1 Å². The van der Waals surface area contributed by atoms with E-state index < -0.39 is 6.10 Å². The standard InChI is InChI=1S/C17H21NO2/c1-12(2)14-6-4-13(5-7-14)10-16(19)15-8-9-18-11-17(15)20-3/h4-9,11-12,16,19H,10H2,1-3H3. The zero-order valence-corrected chi connectivity index (χ0v) is 12.2. The molecule has 1 atom stereocenters. The molecule has 0 aliphatic carbocycles. The lowest BCUT2D eigenvalue weighted by molar-refractivity contribution is 0.174. The molecule has 0 radical (unpaired) electrons. The number of methoxy groups -OCH3 is 1. The summed E-state index contributed by atoms with van der Waals surface area (Å²) in [7, 11) is 1.59. The second-order valence-electron chi connectivity index (χ2n) is 5.23. The zero-order chi connectivity index (χ0) is 14.5. The van der Waals surface area contributed by atoms with Gasteiger partial charge in [0.2, 0.25) is 0 Å². The summed E-state index contributed by atoms with van der Waals surface area (Å²) in [4.78, 5) is 4.00. The largest absolute Gasteiger partial charge is 0.495 e. The second kappa shape index (κ2) is 6.53. The number of pyridine rings is 1. The Morgan fingerprint density at radius 3 is 2.45 bits per heavy atom. The van der Waals surface area contributed by atoms with Crippen molar-refractivity contribution in [2.45, 2.75) is 32.3 Å². The number of aromatic nitrogens is 1. The fourth-order valence-electron chi connectivity index (χ4n) is 2.21. The Balaban J connectivity index is 2.13. The smallest absolute Gasteiger partial charge is 0.142 e. The topological polar surface area (TPSA) is 42.4 Å². The van der Waals surface area contributed by atoms with Crippen LogP contribution in [-0.4, -0.2) is 17.2 Å². The van der Waals surface area contributed by atoms with Crippen molar-refractivity contribution in [3.05, 3.63) is 59.4 Å². The molecule has 0 fully saturated rings. The Kier molecular flexibility index (Phi) is 4.74. The number of hydrogen-bond acceptors (Lipinski definition) is 3. The molecule has 0 saturated carbocycles. The molecular formula is C17H21NO2. The van der Waals surface area contributed by atoms with E-state index in [1.165, 1.54) is 5.56 Å². The molecule has 20 heavy (non-hydrogen) atoms. The highest BCUT2D eigenvalue weighted by Crippen LogP contribution is 2.26. The summed E-state index contributed by atoms with van der Waals surface area (Å²) in [5.41, 5.74) is 3.20. The number of rotatable bonds is 5. The van der Waals surface area contributed by atoms with Gasteiger partial charge in [-0.2, -0.15) is 0 Å². The van der Waals surface area contributed by atoms with Gasteiger partial charge in [-0.05, 0) is 23.1 Å². The number of aliphatic hydroxyl groups excluding tert-OH is 1. The predicted octanol–water partition coefficient (Wildman–Crippen LogP) is 3.49. The van der Waals surface area contributed by atoms with E-state index in [0.717, 1.165) is 11.1 Å². The summed E-state index contributed by atoms with van der Waals surface area (Å²) in [6.45, 7) is 4.34. The zero-order valence-electron chi connectivity index (χ0n) is 12.2. The molecule has 1 aromatic carbocycles. The van der Waals surface area contributed by atoms with Crippen molar-refractivity contribution >= 4 is 0 Å². The van der Waals surface area contributed by atoms with E-state index in [0.29, 0.717) is 18.1 Å². The van der Waals surface area contributed by atoms with E-state index >= 15 is 0 Å². The van der Waals surface area contributed by atoms with Gasteiger partial charge in [0, 0.05) is 18.2 Å². The van der Waals surface area contributed by atoms with Crippen LogP contribution in [0, 0.1) is 0 Å². The van der Waals surface area contributed by atoms with Gasteiger partial charge >= 0.3 is 0 Å². The van der Waals surface area contributed by atoms with Crippen molar-refractivity contribution in [1.29, 1.82) is 0 Å². The summed E-state index contributed by atoms with van der Waals surface area (Å²) < 4.78 is 5.23. The highest BCUT2D eigenvalue weighted by atomic mass is 16.5. The summed E-state index contributed by atoms with van der Waals surface area (Å²) in [5, 5.41) is 10.4. The minimum absolute atomic E-state index is 0.522. The van der Waals surface area contributed by atoms with Gasteiger partial charge in [0.05, 0.1) is 19.4 Å². The average Bonchev–Trinajstić information content (AvgIpc) is 2.47. The quantitative estimate of drug-likeness (QED) is 0.905. The van der Waals surface area contributed by atoms with Gasteiger partial charge in [-0.1, -0.05) is 38.1 Å². The number of ether oxygens (including phenoxy) is 1. The van der Waals surface area contributed by atoms with Gasteiger partial charge < -0.3 is 9.84 Å². The Labute approximate surface area is 120 Å². The Bertz CT molecular complexity index is 549. The first kappa shape index (κ1) is 14.5. The van der Waals surface area contributed by atoms with Crippen molar-refractivity contribution < 1.29 is 9.84 Å². The van der Waals surface area contributed by atoms with Gasteiger partial charge in [-0.15, -0.1) is 0 Å². The van der Waals surface area contributed by atoms with Gasteiger partial charge in [-0.25, -0.2) is 0 Å². The molecule has 3 heteroatoms. The summed E-state index contributed by atoms with van der Waals surface area (Å²) >= 11 is 0. The summed E-state index contributed by atoms with van der Waals surface area (Å²) in [5.74, 6) is 1.15. The Morgan fingerprint density at radius 2 is 1.85 bits per heavy atom. The Morgan fingerprint density at radius 1 is 1.15 bits per heavy atom. The first-order valence-corrected chi connectivity index (χ1v) is 6.86. The molecular weight excluding hydrogens is 250 g/mol. The molecule has 106 valence electrons. The van der Waals surface area contributed by atoms with E-state index in [1.54, 1.807) is 25.6 Å². The van der Waals surface area contributed by atoms with Crippen LogP contribution in [0.25, 0.3) is 0 Å². The fourth-order valence-corrected chi connectivity index (χ4v) is 2.21. The molecule has 2 rings (SSSR count). The fraction of sp³-hybridized carbons (Fsp3) is 0.353. The van der Waals surface area contributed by atoms with E-state index in [1.807, 2.05) is 0 Å². The molecule has 1 N–H and O–H groups in total. The lowest BCUT2D eigenvalue weighted by Crippen LogP contribution is -2.04. The average molecular weight is 271 g/mol. The van der Waals surface area contributed by atoms with Crippen LogP contribution in [-0.2, 0) is 6.42 Å². The van der Waals surface area contributed by atoms with Crippen LogP contribution in [0.3, 0.4) is 0 Å². The highest BCUT2D eigenvalue weighted by molar-refractivity contribution is 5.33. The molecule has 0 aliphatic rings. The van der Waals surface area contributed by atoms with Crippen LogP contribution < -0.4 is 4.74 Å². The third-order valence-corrected chi connectivity index (χ3v) is 3.47. The van der Waals surface area contributed by atoms with E-state index in [4.69, 9.17) is 4.74 Å². The minimum atomic E-state index is -0.585. The van der Waals surface area contributed by atoms with Crippen LogP contribution in [0.4, 0.5) is 0 Å². The molecule has 1 heterocycles. The lowest BCUT2D eigenvalue weighted by atomic mass is 9.97. The lowest BCUT2D eigenvalue weighted by Gasteiger charge is -2.15. The molecule has 0 bridgehead atoms. The minimum Gasteiger partial charge on any atom is -0.495 e. The van der Waals surface area contributed by atoms with E-state index in [-0.39, 0.29) is 0 Å². The second-order valence-corrected chi connectivity index (χ2v) is 5.23. The SMILES string of the molecule is COc1cnccc1C(O)Cc1ccc(C(C)C)cc1. The number of aliphatic hydroxyl groups is 1. The van der Waals surface area contributed by atoms with Gasteiger partial charge in [0.15, 0.2) is 0 Å². The summed E-state index contributed by atoms with van der Waals surface area (Å²) in [6.07, 6.45) is 3.28. The number of benzene rings is 1. The van der Waals surface area contributed by atoms with Gasteiger partial charge in [-0.3, -0.25) is 4.98 Å². The molecule has 1 aromatic heterocycles. The molecule has 0 aliphatic heterocycles. The van der Waals surface area contributed by atoms with Crippen LogP contribution in [0.5, 0.6) is 5.75 Å². The maximum absolute atomic E-state index is 10.4. The molecule has 3 nitrogen and oxygen atoms in total. The van der Waals surface area contributed by atoms with Crippen molar-refractivity contribution in [2.75, 3.05) is 7.11 Å². The first-order valence-electron chi connectivity index (χ1n) is 6.86. The molecule has 0 saturated heterocycles. The maximum atomic E-state index is 10.4. The number of nitrogens with zero attached hydrogens (tertiary/aromatic N) is 1. The third kappa shape index (κ3) is 3.36. The monoisotopic (exact) mass is 271 g/mol. The number of hydrogen-bond donors (Lipinski definition) is 1. The highest BCUT2D eigenvalue weighted by Gasteiger charge is 2.13. The first-order chi connectivity index (χ1) is 9.61. The Hall–Kier alpha value is -1.87. The molecule has 0 amide bonds. The van der Waals surface area contributed by atoms with Crippen molar-refractivity contribution in [1.82, 2.24) is 4.98 Å².